The molecule has 5 heterocycles. The molecule has 1 aromatic carbocycles. The number of halogens is 1. The van der Waals surface area contributed by atoms with Gasteiger partial charge in [0.25, 0.3) is 5.56 Å². The summed E-state index contributed by atoms with van der Waals surface area (Å²) in [5.74, 6) is -0.138. The van der Waals surface area contributed by atoms with Crippen molar-refractivity contribution in [3.63, 3.8) is 0 Å². The van der Waals surface area contributed by atoms with E-state index in [9.17, 15) is 18.8 Å². The molecule has 6 rings (SSSR count). The lowest BCUT2D eigenvalue weighted by atomic mass is 10.0. The van der Waals surface area contributed by atoms with Crippen molar-refractivity contribution in [1.29, 1.82) is 0 Å². The highest BCUT2D eigenvalue weighted by molar-refractivity contribution is 7.21. The van der Waals surface area contributed by atoms with Gasteiger partial charge in [0, 0.05) is 38.4 Å². The topological polar surface area (TPSA) is 134 Å². The van der Waals surface area contributed by atoms with Crippen LogP contribution in [-0.2, 0) is 22.5 Å². The van der Waals surface area contributed by atoms with Crippen molar-refractivity contribution < 1.29 is 23.8 Å². The second-order valence-electron chi connectivity index (χ2n) is 10.8. The van der Waals surface area contributed by atoms with Gasteiger partial charge >= 0.3 is 5.69 Å². The third-order valence-electron chi connectivity index (χ3n) is 8.05. The van der Waals surface area contributed by atoms with Crippen LogP contribution >= 0.6 is 11.3 Å². The predicted octanol–water partition coefficient (Wildman–Crippen LogP) is 2.85. The Hall–Kier alpha value is -3.88. The largest absolute Gasteiger partial charge is 0.496 e. The van der Waals surface area contributed by atoms with Crippen LogP contribution in [-0.4, -0.2) is 79.6 Å². The number of carbonyl (C=O) groups is 1. The molecule has 14 heteroatoms. The van der Waals surface area contributed by atoms with E-state index in [-0.39, 0.29) is 25.0 Å². The van der Waals surface area contributed by atoms with Crippen LogP contribution < -0.4 is 16.0 Å². The molecular formula is C30H37FN6O6S. The van der Waals surface area contributed by atoms with Crippen LogP contribution in [0.25, 0.3) is 15.2 Å². The summed E-state index contributed by atoms with van der Waals surface area (Å²) in [6.45, 7) is 6.40. The number of hydrogen-bond donors (Lipinski definition) is 1. The van der Waals surface area contributed by atoms with Gasteiger partial charge in [0.2, 0.25) is 5.91 Å². The summed E-state index contributed by atoms with van der Waals surface area (Å²) in [5.41, 5.74) is 0.157. The number of amides is 1. The summed E-state index contributed by atoms with van der Waals surface area (Å²) in [7, 11) is 1.50. The zero-order valence-corrected chi connectivity index (χ0v) is 25.9. The fraction of sp³-hybridized carbons (Fsp3) is 0.500. The van der Waals surface area contributed by atoms with Gasteiger partial charge in [0.05, 0.1) is 31.0 Å². The number of thiophene rings is 1. The Morgan fingerprint density at radius 3 is 2.50 bits per heavy atom. The van der Waals surface area contributed by atoms with Gasteiger partial charge in [-0.05, 0) is 69.7 Å². The van der Waals surface area contributed by atoms with E-state index in [0.29, 0.717) is 58.0 Å². The molecular weight excluding hydrogens is 591 g/mol. The summed E-state index contributed by atoms with van der Waals surface area (Å²) in [6, 6.07) is 3.35. The highest BCUT2D eigenvalue weighted by atomic mass is 32.1. The Bertz CT molecular complexity index is 1730. The van der Waals surface area contributed by atoms with Gasteiger partial charge < -0.3 is 19.5 Å². The second-order valence-corrected chi connectivity index (χ2v) is 11.7. The van der Waals surface area contributed by atoms with Crippen molar-refractivity contribution in [2.45, 2.75) is 64.6 Å². The molecule has 1 unspecified atom stereocenters. The van der Waals surface area contributed by atoms with Crippen molar-refractivity contribution in [2.75, 3.05) is 33.4 Å². The highest BCUT2D eigenvalue weighted by Gasteiger charge is 2.33. The van der Waals surface area contributed by atoms with E-state index in [0.717, 1.165) is 30.6 Å². The zero-order valence-electron chi connectivity index (χ0n) is 25.1. The quantitative estimate of drug-likeness (QED) is 0.330. The molecule has 4 aromatic rings. The molecule has 44 heavy (non-hydrogen) atoms. The molecule has 0 radical (unpaired) electrons. The van der Waals surface area contributed by atoms with Crippen LogP contribution in [0.2, 0.25) is 0 Å². The fourth-order valence-electron chi connectivity index (χ4n) is 5.67. The van der Waals surface area contributed by atoms with E-state index >= 15 is 0 Å². The summed E-state index contributed by atoms with van der Waals surface area (Å²) in [4.78, 5) is 44.5. The van der Waals surface area contributed by atoms with Crippen LogP contribution in [0.3, 0.4) is 0 Å². The number of hydrogen-bond acceptors (Lipinski definition) is 9. The van der Waals surface area contributed by atoms with Crippen LogP contribution in [0, 0.1) is 12.7 Å². The van der Waals surface area contributed by atoms with Gasteiger partial charge in [-0.2, -0.15) is 10.2 Å². The number of rotatable bonds is 7. The summed E-state index contributed by atoms with van der Waals surface area (Å²) in [6.07, 6.45) is 6.00. The summed E-state index contributed by atoms with van der Waals surface area (Å²) >= 11 is 1.23. The molecule has 236 valence electrons. The lowest BCUT2D eigenvalue weighted by Crippen LogP contribution is -2.50. The maximum Gasteiger partial charge on any atom is 0.332 e. The minimum absolute atomic E-state index is 0.0891. The number of methoxy groups -OCH3 is 1. The van der Waals surface area contributed by atoms with Gasteiger partial charge in [-0.15, -0.1) is 4.80 Å². The molecule has 0 spiro atoms. The van der Waals surface area contributed by atoms with E-state index in [1.807, 2.05) is 6.92 Å². The third-order valence-corrected chi connectivity index (χ3v) is 9.33. The lowest BCUT2D eigenvalue weighted by molar-refractivity contribution is -0.137. The number of likely N-dealkylation sites (tertiary alicyclic amines) is 1. The number of fused-ring (bicyclic) bond motifs is 1. The van der Waals surface area contributed by atoms with E-state index in [2.05, 4.69) is 10.2 Å². The molecule has 0 aliphatic carbocycles. The normalized spacial score (nSPS) is 17.5. The second kappa shape index (κ2) is 13.8. The first-order valence-corrected chi connectivity index (χ1v) is 15.6. The van der Waals surface area contributed by atoms with E-state index < -0.39 is 23.1 Å². The fourth-order valence-corrected chi connectivity index (χ4v) is 6.91. The van der Waals surface area contributed by atoms with Gasteiger partial charge in [-0.3, -0.25) is 14.2 Å². The van der Waals surface area contributed by atoms with Crippen LogP contribution in [0.5, 0.6) is 5.75 Å². The maximum atomic E-state index is 14.0. The zero-order chi connectivity index (χ0) is 31.4. The highest BCUT2D eigenvalue weighted by Crippen LogP contribution is 2.31. The molecule has 0 bridgehead atoms. The number of aliphatic hydroxyl groups excluding tert-OH is 1. The smallest absolute Gasteiger partial charge is 0.332 e. The van der Waals surface area contributed by atoms with Crippen molar-refractivity contribution in [3.05, 3.63) is 68.4 Å². The van der Waals surface area contributed by atoms with Crippen LogP contribution in [0.4, 0.5) is 4.39 Å². The first-order chi connectivity index (χ1) is 21.2. The van der Waals surface area contributed by atoms with E-state index in [1.54, 1.807) is 17.9 Å². The molecule has 1 atom stereocenters. The molecule has 2 aliphatic heterocycles. The SMILES string of the molecule is CCN1CCCC(n2c(=O)c3c(C)c(-n4nccn4)sc3n(CCc3cc(F)ccc3OC)c2=O)C1=O.OC1CCOCC1. The van der Waals surface area contributed by atoms with Crippen molar-refractivity contribution in [3.8, 4) is 10.8 Å². The molecule has 1 N–H and O–H groups in total. The van der Waals surface area contributed by atoms with Crippen molar-refractivity contribution in [1.82, 2.24) is 29.0 Å². The van der Waals surface area contributed by atoms with Crippen molar-refractivity contribution in [2.24, 2.45) is 0 Å². The first-order valence-electron chi connectivity index (χ1n) is 14.8. The number of aliphatic hydroxyl groups is 1. The third kappa shape index (κ3) is 6.33. The molecule has 0 saturated carbocycles. The van der Waals surface area contributed by atoms with E-state index in [4.69, 9.17) is 14.6 Å². The lowest BCUT2D eigenvalue weighted by Gasteiger charge is -2.32. The molecule has 1 amide bonds. The number of benzene rings is 1. The maximum absolute atomic E-state index is 14.0. The predicted molar refractivity (Wildman–Crippen MR) is 163 cm³/mol. The molecule has 2 saturated heterocycles. The Labute approximate surface area is 257 Å². The Balaban J connectivity index is 0.000000484. The minimum atomic E-state index is -0.876. The average Bonchev–Trinajstić information content (AvgIpc) is 3.67. The minimum Gasteiger partial charge on any atom is -0.496 e. The van der Waals surface area contributed by atoms with Gasteiger partial charge in [0.15, 0.2) is 0 Å². The summed E-state index contributed by atoms with van der Waals surface area (Å²) < 4.78 is 27.0. The van der Waals surface area contributed by atoms with Crippen molar-refractivity contribution >= 4 is 27.5 Å². The molecule has 2 aliphatic rings. The Morgan fingerprint density at radius 1 is 1.14 bits per heavy atom. The molecule has 3 aromatic heterocycles. The van der Waals surface area contributed by atoms with Crippen LogP contribution in [0.1, 0.15) is 49.8 Å². The van der Waals surface area contributed by atoms with E-state index in [1.165, 1.54) is 52.3 Å². The van der Waals surface area contributed by atoms with Gasteiger partial charge in [-0.1, -0.05) is 11.3 Å². The number of carbonyl (C=O) groups excluding carboxylic acids is 1. The number of nitrogens with zero attached hydrogens (tertiary/aromatic N) is 6. The number of ether oxygens (including phenoxy) is 2. The monoisotopic (exact) mass is 628 g/mol. The van der Waals surface area contributed by atoms with Crippen LogP contribution in [0.15, 0.2) is 40.2 Å². The number of likely N-dealkylation sites (N-methyl/N-ethyl adjacent to an activating group) is 1. The Morgan fingerprint density at radius 2 is 1.86 bits per heavy atom. The summed E-state index contributed by atoms with van der Waals surface area (Å²) in [5, 5.41) is 18.2. The Kier molecular flexibility index (Phi) is 9.91. The van der Waals surface area contributed by atoms with Gasteiger partial charge in [0.1, 0.15) is 27.4 Å². The number of aromatic nitrogens is 5. The number of aryl methyl sites for hydroxylation is 3. The molecule has 12 nitrogen and oxygen atoms in total. The first kappa shape index (κ1) is 31.5. The van der Waals surface area contributed by atoms with Gasteiger partial charge in [-0.25, -0.2) is 13.8 Å². The standard InChI is InChI=1S/C25H27FN6O4S.C5H10O2/c1-4-29-12-5-6-18(21(29)33)31-22(34)20-15(2)23(32-27-10-11-28-32)37-24(20)30(25(31)35)13-9-16-14-17(26)7-8-19(16)36-3;6-5-1-3-7-4-2-5/h7-8,10-11,14,18H,4-6,9,12-13H2,1-3H3;5-6H,1-4H2. The molecule has 2 fully saturated rings. The average molecular weight is 629 g/mol. The number of piperidine rings is 1.